The number of aryl methyl sites for hydroxylation is 2. The van der Waals surface area contributed by atoms with E-state index in [1.54, 1.807) is 11.3 Å². The van der Waals surface area contributed by atoms with Gasteiger partial charge in [0.2, 0.25) is 0 Å². The smallest absolute Gasteiger partial charge is 0.185 e. The Kier molecular flexibility index (Phi) is 4.55. The third-order valence-corrected chi connectivity index (χ3v) is 4.16. The normalized spacial score (nSPS) is 10.9. The summed E-state index contributed by atoms with van der Waals surface area (Å²) in [6.45, 7) is 3.88. The summed E-state index contributed by atoms with van der Waals surface area (Å²) in [5.74, 6) is 0. The molecule has 0 aliphatic rings. The van der Waals surface area contributed by atoms with Crippen LogP contribution < -0.4 is 10.2 Å². The van der Waals surface area contributed by atoms with Gasteiger partial charge in [-0.3, -0.25) is 4.68 Å². The Bertz CT molecular complexity index is 531. The van der Waals surface area contributed by atoms with Crippen molar-refractivity contribution < 1.29 is 0 Å². The molecule has 0 radical (unpaired) electrons. The van der Waals surface area contributed by atoms with E-state index >= 15 is 0 Å². The van der Waals surface area contributed by atoms with Crippen LogP contribution in [-0.4, -0.2) is 28.9 Å². The minimum atomic E-state index is 0.837. The van der Waals surface area contributed by atoms with E-state index in [1.165, 1.54) is 16.1 Å². The summed E-state index contributed by atoms with van der Waals surface area (Å²) in [6, 6.07) is 0. The van der Waals surface area contributed by atoms with Crippen molar-refractivity contribution in [2.45, 2.75) is 26.4 Å². The van der Waals surface area contributed by atoms with Gasteiger partial charge < -0.3 is 10.2 Å². The zero-order valence-corrected chi connectivity index (χ0v) is 12.8. The molecule has 0 saturated heterocycles. The molecule has 0 fully saturated rings. The second kappa shape index (κ2) is 6.16. The monoisotopic (exact) mass is 279 g/mol. The van der Waals surface area contributed by atoms with Gasteiger partial charge in [0, 0.05) is 43.8 Å². The molecule has 104 valence electrons. The Morgan fingerprint density at radius 3 is 2.84 bits per heavy atom. The molecular weight excluding hydrogens is 258 g/mol. The molecule has 5 nitrogen and oxygen atoms in total. The highest BCUT2D eigenvalue weighted by Crippen LogP contribution is 2.27. The van der Waals surface area contributed by atoms with E-state index in [0.717, 1.165) is 24.6 Å². The van der Waals surface area contributed by atoms with Crippen molar-refractivity contribution >= 4 is 16.5 Å². The third kappa shape index (κ3) is 3.33. The van der Waals surface area contributed by atoms with Gasteiger partial charge in [0.15, 0.2) is 5.13 Å². The first-order valence-electron chi connectivity index (χ1n) is 6.45. The summed E-state index contributed by atoms with van der Waals surface area (Å²) in [6.07, 6.45) is 4.92. The molecular formula is C13H21N5S. The van der Waals surface area contributed by atoms with Crippen molar-refractivity contribution in [3.05, 3.63) is 28.5 Å². The molecule has 2 aromatic rings. The second-order valence-corrected chi connectivity index (χ2v) is 5.69. The van der Waals surface area contributed by atoms with E-state index in [0.29, 0.717) is 0 Å². The van der Waals surface area contributed by atoms with Crippen molar-refractivity contribution in [1.82, 2.24) is 20.1 Å². The third-order valence-electron chi connectivity index (χ3n) is 2.94. The van der Waals surface area contributed by atoms with Crippen LogP contribution >= 0.6 is 11.3 Å². The maximum Gasteiger partial charge on any atom is 0.185 e. The maximum absolute atomic E-state index is 4.73. The van der Waals surface area contributed by atoms with Crippen LogP contribution in [0, 0.1) is 0 Å². The standard InChI is InChI=1S/C13H21N5S/c1-5-11-12(7-14-2)19-13(16-11)17(3)8-10-6-15-18(4)9-10/h6,9,14H,5,7-8H2,1-4H3. The molecule has 0 aliphatic heterocycles. The van der Waals surface area contributed by atoms with Crippen LogP contribution in [0.15, 0.2) is 12.4 Å². The molecule has 0 amide bonds. The Hall–Kier alpha value is -1.40. The van der Waals surface area contributed by atoms with Gasteiger partial charge in [0.25, 0.3) is 0 Å². The van der Waals surface area contributed by atoms with Gasteiger partial charge in [-0.15, -0.1) is 11.3 Å². The molecule has 0 saturated carbocycles. The Morgan fingerprint density at radius 1 is 1.47 bits per heavy atom. The fourth-order valence-electron chi connectivity index (χ4n) is 2.00. The number of nitrogens with zero attached hydrogens (tertiary/aromatic N) is 4. The summed E-state index contributed by atoms with van der Waals surface area (Å²) >= 11 is 1.77. The molecule has 0 bridgehead atoms. The lowest BCUT2D eigenvalue weighted by Gasteiger charge is -2.14. The number of anilines is 1. The van der Waals surface area contributed by atoms with Crippen LogP contribution in [0.2, 0.25) is 0 Å². The lowest BCUT2D eigenvalue weighted by molar-refractivity contribution is 0.766. The molecule has 0 atom stereocenters. The second-order valence-electron chi connectivity index (χ2n) is 4.63. The van der Waals surface area contributed by atoms with Crippen LogP contribution in [0.25, 0.3) is 0 Å². The fourth-order valence-corrected chi connectivity index (χ4v) is 3.12. The number of aromatic nitrogens is 3. The minimum absolute atomic E-state index is 0.837. The summed E-state index contributed by atoms with van der Waals surface area (Å²) in [7, 11) is 5.99. The first kappa shape index (κ1) is 14.0. The fraction of sp³-hybridized carbons (Fsp3) is 0.538. The lowest BCUT2D eigenvalue weighted by atomic mass is 10.3. The van der Waals surface area contributed by atoms with E-state index in [9.17, 15) is 0 Å². The topological polar surface area (TPSA) is 46.0 Å². The molecule has 0 unspecified atom stereocenters. The lowest BCUT2D eigenvalue weighted by Crippen LogP contribution is -2.15. The molecule has 1 N–H and O–H groups in total. The predicted octanol–water partition coefficient (Wildman–Crippen LogP) is 1.79. The van der Waals surface area contributed by atoms with Crippen LogP contribution in [-0.2, 0) is 26.6 Å². The summed E-state index contributed by atoms with van der Waals surface area (Å²) in [5.41, 5.74) is 2.40. The first-order chi connectivity index (χ1) is 9.13. The average Bonchev–Trinajstić information content (AvgIpc) is 2.96. The van der Waals surface area contributed by atoms with Crippen molar-refractivity contribution in [3.8, 4) is 0 Å². The van der Waals surface area contributed by atoms with Gasteiger partial charge in [-0.05, 0) is 13.5 Å². The SMILES string of the molecule is CCc1nc(N(C)Cc2cnn(C)c2)sc1CNC. The molecule has 0 aliphatic carbocycles. The van der Waals surface area contributed by atoms with Gasteiger partial charge in [-0.25, -0.2) is 4.98 Å². The average molecular weight is 279 g/mol. The quantitative estimate of drug-likeness (QED) is 0.876. The van der Waals surface area contributed by atoms with Gasteiger partial charge in [0.1, 0.15) is 0 Å². The van der Waals surface area contributed by atoms with E-state index in [-0.39, 0.29) is 0 Å². The first-order valence-corrected chi connectivity index (χ1v) is 7.27. The van der Waals surface area contributed by atoms with E-state index in [1.807, 2.05) is 31.2 Å². The van der Waals surface area contributed by atoms with Crippen molar-refractivity contribution in [2.24, 2.45) is 7.05 Å². The summed E-state index contributed by atoms with van der Waals surface area (Å²) in [5, 5.41) is 8.47. The molecule has 0 aromatic carbocycles. The summed E-state index contributed by atoms with van der Waals surface area (Å²) in [4.78, 5) is 8.24. The molecule has 2 heterocycles. The number of hydrogen-bond donors (Lipinski definition) is 1. The highest BCUT2D eigenvalue weighted by atomic mass is 32.1. The Labute approximate surface area is 118 Å². The highest BCUT2D eigenvalue weighted by Gasteiger charge is 2.13. The minimum Gasteiger partial charge on any atom is -0.347 e. The van der Waals surface area contributed by atoms with Crippen molar-refractivity contribution in [2.75, 3.05) is 19.0 Å². The molecule has 6 heteroatoms. The van der Waals surface area contributed by atoms with E-state index < -0.39 is 0 Å². The van der Waals surface area contributed by atoms with Crippen molar-refractivity contribution in [3.63, 3.8) is 0 Å². The highest BCUT2D eigenvalue weighted by molar-refractivity contribution is 7.15. The van der Waals surface area contributed by atoms with Crippen LogP contribution in [0.4, 0.5) is 5.13 Å². The van der Waals surface area contributed by atoms with Gasteiger partial charge in [-0.2, -0.15) is 5.10 Å². The molecule has 2 aromatic heterocycles. The zero-order chi connectivity index (χ0) is 13.8. The summed E-state index contributed by atoms with van der Waals surface area (Å²) < 4.78 is 1.83. The predicted molar refractivity (Wildman–Crippen MR) is 79.6 cm³/mol. The molecule has 2 rings (SSSR count). The Morgan fingerprint density at radius 2 is 2.26 bits per heavy atom. The zero-order valence-electron chi connectivity index (χ0n) is 12.0. The van der Waals surface area contributed by atoms with Crippen LogP contribution in [0.5, 0.6) is 0 Å². The van der Waals surface area contributed by atoms with Crippen LogP contribution in [0.3, 0.4) is 0 Å². The maximum atomic E-state index is 4.73. The largest absolute Gasteiger partial charge is 0.347 e. The van der Waals surface area contributed by atoms with E-state index in [4.69, 9.17) is 4.98 Å². The number of hydrogen-bond acceptors (Lipinski definition) is 5. The molecule has 0 spiro atoms. The number of thiazole rings is 1. The van der Waals surface area contributed by atoms with Crippen molar-refractivity contribution in [1.29, 1.82) is 0 Å². The van der Waals surface area contributed by atoms with Crippen LogP contribution in [0.1, 0.15) is 23.1 Å². The molecule has 19 heavy (non-hydrogen) atoms. The van der Waals surface area contributed by atoms with E-state index in [2.05, 4.69) is 29.3 Å². The number of rotatable bonds is 6. The Balaban J connectivity index is 2.12. The van der Waals surface area contributed by atoms with Gasteiger partial charge >= 0.3 is 0 Å². The number of nitrogens with one attached hydrogen (secondary N) is 1. The van der Waals surface area contributed by atoms with Gasteiger partial charge in [-0.1, -0.05) is 6.92 Å². The van der Waals surface area contributed by atoms with Gasteiger partial charge in [0.05, 0.1) is 11.9 Å².